The van der Waals surface area contributed by atoms with E-state index in [1.165, 1.54) is 20.3 Å². The molecule has 3 aromatic rings. The van der Waals surface area contributed by atoms with Crippen LogP contribution in [0.2, 0.25) is 5.02 Å². The Balaban J connectivity index is 1.73. The molecule has 0 unspecified atom stereocenters. The highest BCUT2D eigenvalue weighted by molar-refractivity contribution is 7.92. The third kappa shape index (κ3) is 5.64. The molecule has 1 atom stereocenters. The number of ether oxygens (including phenoxy) is 4. The third-order valence-corrected chi connectivity index (χ3v) is 7.71. The molecule has 0 spiro atoms. The van der Waals surface area contributed by atoms with Crippen LogP contribution in [0.15, 0.2) is 59.5 Å². The highest BCUT2D eigenvalue weighted by Crippen LogP contribution is 2.40. The van der Waals surface area contributed by atoms with Crippen molar-refractivity contribution in [3.63, 3.8) is 0 Å². The van der Waals surface area contributed by atoms with Crippen LogP contribution in [0, 0.1) is 0 Å². The number of sulfonamides is 1. The van der Waals surface area contributed by atoms with Gasteiger partial charge in [0.05, 0.1) is 36.9 Å². The Bertz CT molecular complexity index is 1350. The maximum atomic E-state index is 13.7. The molecule has 0 bridgehead atoms. The number of benzene rings is 3. The van der Waals surface area contributed by atoms with Crippen molar-refractivity contribution in [2.75, 3.05) is 46.2 Å². The van der Waals surface area contributed by atoms with E-state index in [1.54, 1.807) is 55.6 Å². The summed E-state index contributed by atoms with van der Waals surface area (Å²) >= 11 is 6.35. The smallest absolute Gasteiger partial charge is 0.262 e. The zero-order chi connectivity index (χ0) is 25.9. The van der Waals surface area contributed by atoms with E-state index in [9.17, 15) is 8.42 Å². The normalized spacial score (nSPS) is 16.0. The van der Waals surface area contributed by atoms with Crippen LogP contribution in [0.25, 0.3) is 11.1 Å². The van der Waals surface area contributed by atoms with Crippen LogP contribution in [-0.4, -0.2) is 60.9 Å². The third-order valence-electron chi connectivity index (χ3n) is 5.98. The molecule has 0 aromatic heterocycles. The molecule has 0 amide bonds. The van der Waals surface area contributed by atoms with Crippen molar-refractivity contribution in [3.05, 3.63) is 59.6 Å². The van der Waals surface area contributed by atoms with Gasteiger partial charge in [-0.05, 0) is 49.4 Å². The summed E-state index contributed by atoms with van der Waals surface area (Å²) in [4.78, 5) is 2.19. The summed E-state index contributed by atoms with van der Waals surface area (Å²) in [6.07, 6.45) is 0.864. The lowest BCUT2D eigenvalue weighted by molar-refractivity contribution is 0.208. The van der Waals surface area contributed by atoms with Gasteiger partial charge >= 0.3 is 0 Å². The lowest BCUT2D eigenvalue weighted by Crippen LogP contribution is -2.21. The summed E-state index contributed by atoms with van der Waals surface area (Å²) < 4.78 is 52.2. The predicted molar refractivity (Wildman–Crippen MR) is 140 cm³/mol. The Morgan fingerprint density at radius 3 is 2.36 bits per heavy atom. The van der Waals surface area contributed by atoms with Crippen LogP contribution >= 0.6 is 11.6 Å². The van der Waals surface area contributed by atoms with Crippen molar-refractivity contribution in [1.29, 1.82) is 0 Å². The molecule has 10 heteroatoms. The monoisotopic (exact) mass is 532 g/mol. The van der Waals surface area contributed by atoms with Crippen molar-refractivity contribution in [3.8, 4) is 34.1 Å². The number of likely N-dealkylation sites (tertiary alicyclic amines) is 1. The zero-order valence-electron chi connectivity index (χ0n) is 20.6. The largest absolute Gasteiger partial charge is 0.497 e. The molecule has 8 nitrogen and oxygen atoms in total. The van der Waals surface area contributed by atoms with Crippen molar-refractivity contribution in [1.82, 2.24) is 4.90 Å². The molecule has 0 saturated carbocycles. The number of nitrogens with one attached hydrogen (secondary N) is 1. The Hall–Kier alpha value is -3.14. The van der Waals surface area contributed by atoms with E-state index in [2.05, 4.69) is 9.62 Å². The van der Waals surface area contributed by atoms with E-state index >= 15 is 0 Å². The molecule has 36 heavy (non-hydrogen) atoms. The summed E-state index contributed by atoms with van der Waals surface area (Å²) in [5, 5.41) is 0.413. The van der Waals surface area contributed by atoms with Gasteiger partial charge in [-0.1, -0.05) is 23.7 Å². The first-order valence-electron chi connectivity index (χ1n) is 11.3. The fourth-order valence-electron chi connectivity index (χ4n) is 4.14. The second-order valence-electron chi connectivity index (χ2n) is 8.48. The number of hydrogen-bond donors (Lipinski definition) is 1. The summed E-state index contributed by atoms with van der Waals surface area (Å²) in [5.74, 6) is 1.71. The highest BCUT2D eigenvalue weighted by atomic mass is 35.5. The number of likely N-dealkylation sites (N-methyl/N-ethyl adjacent to an activating group) is 1. The SMILES string of the molecule is COc1cccc(-c2cc(OC)c(OC)cc2S(=O)(=O)Nc2ccc(Cl)c(O[C@@H]3CCN(C)C3)c2)c1. The highest BCUT2D eigenvalue weighted by Gasteiger charge is 2.25. The Morgan fingerprint density at radius 1 is 0.944 bits per heavy atom. The molecule has 1 N–H and O–H groups in total. The Labute approximate surface area is 216 Å². The quantitative estimate of drug-likeness (QED) is 0.418. The summed E-state index contributed by atoms with van der Waals surface area (Å²) in [6, 6.07) is 15.0. The number of hydrogen-bond acceptors (Lipinski definition) is 7. The zero-order valence-corrected chi connectivity index (χ0v) is 22.2. The maximum Gasteiger partial charge on any atom is 0.262 e. The van der Waals surface area contributed by atoms with E-state index in [1.807, 2.05) is 7.05 Å². The van der Waals surface area contributed by atoms with Crippen LogP contribution in [0.3, 0.4) is 0 Å². The van der Waals surface area contributed by atoms with E-state index in [4.69, 9.17) is 30.5 Å². The van der Waals surface area contributed by atoms with Crippen LogP contribution in [0.4, 0.5) is 5.69 Å². The van der Waals surface area contributed by atoms with Gasteiger partial charge in [0.25, 0.3) is 10.0 Å². The molecule has 0 radical (unpaired) electrons. The lowest BCUT2D eigenvalue weighted by atomic mass is 10.0. The van der Waals surface area contributed by atoms with Gasteiger partial charge in [-0.2, -0.15) is 0 Å². The first kappa shape index (κ1) is 25.9. The summed E-state index contributed by atoms with van der Waals surface area (Å²) in [6.45, 7) is 1.71. The minimum atomic E-state index is -4.07. The number of halogens is 1. The molecule has 1 fully saturated rings. The van der Waals surface area contributed by atoms with Gasteiger partial charge in [-0.25, -0.2) is 8.42 Å². The summed E-state index contributed by atoms with van der Waals surface area (Å²) in [5.41, 5.74) is 1.40. The van der Waals surface area contributed by atoms with Gasteiger partial charge in [0.15, 0.2) is 11.5 Å². The van der Waals surface area contributed by atoms with Crippen LogP contribution < -0.4 is 23.7 Å². The second-order valence-corrected chi connectivity index (χ2v) is 10.5. The average Bonchev–Trinajstić information content (AvgIpc) is 3.29. The van der Waals surface area contributed by atoms with E-state index in [0.29, 0.717) is 39.1 Å². The first-order chi connectivity index (χ1) is 17.2. The molecule has 1 saturated heterocycles. The molecule has 3 aromatic carbocycles. The number of anilines is 1. The van der Waals surface area contributed by atoms with Gasteiger partial charge in [-0.15, -0.1) is 0 Å². The Kier molecular flexibility index (Phi) is 7.82. The average molecular weight is 533 g/mol. The Morgan fingerprint density at radius 2 is 1.69 bits per heavy atom. The molecule has 192 valence electrons. The maximum absolute atomic E-state index is 13.7. The molecular formula is C26H29ClN2O6S. The number of nitrogens with zero attached hydrogens (tertiary/aromatic N) is 1. The van der Waals surface area contributed by atoms with E-state index in [-0.39, 0.29) is 16.7 Å². The first-order valence-corrected chi connectivity index (χ1v) is 13.2. The van der Waals surface area contributed by atoms with Crippen molar-refractivity contribution >= 4 is 27.3 Å². The minimum Gasteiger partial charge on any atom is -0.497 e. The van der Waals surface area contributed by atoms with Crippen LogP contribution in [0.1, 0.15) is 6.42 Å². The fraction of sp³-hybridized carbons (Fsp3) is 0.308. The van der Waals surface area contributed by atoms with Crippen molar-refractivity contribution < 1.29 is 27.4 Å². The molecule has 1 aliphatic rings. The van der Waals surface area contributed by atoms with E-state index in [0.717, 1.165) is 19.5 Å². The summed E-state index contributed by atoms with van der Waals surface area (Å²) in [7, 11) is 2.46. The predicted octanol–water partition coefficient (Wildman–Crippen LogP) is 4.92. The fourth-order valence-corrected chi connectivity index (χ4v) is 5.57. The van der Waals surface area contributed by atoms with Gasteiger partial charge in [0.2, 0.25) is 0 Å². The topological polar surface area (TPSA) is 86.3 Å². The standard InChI is InChI=1S/C26H29ClN2O6S/c1-29-11-10-20(16-29)35-23-13-18(8-9-22(23)27)28-36(30,31)26-15-25(34-4)24(33-3)14-21(26)17-6-5-7-19(12-17)32-2/h5-9,12-15,20,28H,10-11,16H2,1-4H3/t20-/m1/s1. The molecular weight excluding hydrogens is 504 g/mol. The van der Waals surface area contributed by atoms with Crippen LogP contribution in [0.5, 0.6) is 23.0 Å². The van der Waals surface area contributed by atoms with Gasteiger partial charge < -0.3 is 23.8 Å². The molecule has 1 heterocycles. The molecule has 0 aliphatic carbocycles. The minimum absolute atomic E-state index is 0.00938. The number of rotatable bonds is 9. The van der Waals surface area contributed by atoms with Gasteiger partial charge in [-0.3, -0.25) is 4.72 Å². The van der Waals surface area contributed by atoms with Gasteiger partial charge in [0.1, 0.15) is 17.6 Å². The van der Waals surface area contributed by atoms with Crippen molar-refractivity contribution in [2.45, 2.75) is 17.4 Å². The molecule has 4 rings (SSSR count). The van der Waals surface area contributed by atoms with Gasteiger partial charge in [0, 0.05) is 30.8 Å². The van der Waals surface area contributed by atoms with Crippen molar-refractivity contribution in [2.24, 2.45) is 0 Å². The number of methoxy groups -OCH3 is 3. The molecule has 1 aliphatic heterocycles. The van der Waals surface area contributed by atoms with E-state index < -0.39 is 10.0 Å². The lowest BCUT2D eigenvalue weighted by Gasteiger charge is -2.18. The second kappa shape index (κ2) is 10.9. The van der Waals surface area contributed by atoms with Crippen LogP contribution in [-0.2, 0) is 10.0 Å².